The molecule has 1 aliphatic heterocycles. The van der Waals surface area contributed by atoms with Crippen LogP contribution >= 0.6 is 0 Å². The molecule has 1 unspecified atom stereocenters. The molecule has 1 heterocycles. The molecule has 0 amide bonds. The summed E-state index contributed by atoms with van der Waals surface area (Å²) in [5, 5.41) is 10.0. The number of carbonyl (C=O) groups is 2. The summed E-state index contributed by atoms with van der Waals surface area (Å²) in [5.41, 5.74) is 1.99. The number of rotatable bonds is 7. The molecule has 6 nitrogen and oxygen atoms in total. The Bertz CT molecular complexity index is 786. The third kappa shape index (κ3) is 5.90. The minimum absolute atomic E-state index is 0.0701. The summed E-state index contributed by atoms with van der Waals surface area (Å²) >= 11 is 0. The molecule has 0 aromatic heterocycles. The molecule has 1 saturated heterocycles. The summed E-state index contributed by atoms with van der Waals surface area (Å²) in [5.74, 6) is -1.29. The van der Waals surface area contributed by atoms with Crippen molar-refractivity contribution in [1.82, 2.24) is 0 Å². The van der Waals surface area contributed by atoms with Gasteiger partial charge in [0.2, 0.25) is 0 Å². The zero-order valence-corrected chi connectivity index (χ0v) is 19.0. The van der Waals surface area contributed by atoms with Gasteiger partial charge in [0.1, 0.15) is 6.10 Å². The maximum absolute atomic E-state index is 13.3. The van der Waals surface area contributed by atoms with Crippen molar-refractivity contribution in [3.63, 3.8) is 0 Å². The monoisotopic (exact) mass is 444 g/mol. The minimum atomic E-state index is -0.993. The average Bonchev–Trinajstić information content (AvgIpc) is 2.84. The molecule has 6 heteroatoms. The van der Waals surface area contributed by atoms with Crippen molar-refractivity contribution in [2.75, 3.05) is 6.61 Å². The molecule has 32 heavy (non-hydrogen) atoms. The van der Waals surface area contributed by atoms with Crippen LogP contribution in [-0.2, 0) is 20.8 Å². The lowest BCUT2D eigenvalue weighted by atomic mass is 9.79. The zero-order chi connectivity index (χ0) is 22.3. The standard InChI is InChI=1S/C26H36O6/c27-25(28)21-15-18(17-31-23-13-7-8-14-30-23)16-22(24(21)19-9-3-1-4-10-19)26(29)32-20-11-5-2-6-12-20/h15-16,19-20,23H,1-14,17H2,(H,27,28). The lowest BCUT2D eigenvalue weighted by Gasteiger charge is -2.28. The number of carboxylic acid groups (broad SMARTS) is 1. The Kier molecular flexibility index (Phi) is 8.20. The smallest absolute Gasteiger partial charge is 0.338 e. The van der Waals surface area contributed by atoms with Gasteiger partial charge in [-0.3, -0.25) is 0 Å². The van der Waals surface area contributed by atoms with Crippen LogP contribution in [0.1, 0.15) is 121 Å². The van der Waals surface area contributed by atoms with Gasteiger partial charge in [-0.2, -0.15) is 0 Å². The Labute approximate surface area is 190 Å². The van der Waals surface area contributed by atoms with Crippen molar-refractivity contribution in [3.05, 3.63) is 34.4 Å². The molecule has 3 aliphatic rings. The minimum Gasteiger partial charge on any atom is -0.478 e. The largest absolute Gasteiger partial charge is 0.478 e. The van der Waals surface area contributed by atoms with Crippen molar-refractivity contribution in [2.24, 2.45) is 0 Å². The van der Waals surface area contributed by atoms with Gasteiger partial charge >= 0.3 is 11.9 Å². The Balaban J connectivity index is 1.62. The van der Waals surface area contributed by atoms with Crippen LogP contribution in [0.3, 0.4) is 0 Å². The topological polar surface area (TPSA) is 82.1 Å². The Morgan fingerprint density at radius 1 is 0.875 bits per heavy atom. The summed E-state index contributed by atoms with van der Waals surface area (Å²) in [6.07, 6.45) is 12.8. The van der Waals surface area contributed by atoms with Crippen molar-refractivity contribution in [3.8, 4) is 0 Å². The van der Waals surface area contributed by atoms with Crippen LogP contribution in [0, 0.1) is 0 Å². The predicted molar refractivity (Wildman–Crippen MR) is 120 cm³/mol. The number of hydrogen-bond acceptors (Lipinski definition) is 5. The number of aromatic carboxylic acids is 1. The maximum atomic E-state index is 13.3. The molecule has 3 fully saturated rings. The number of hydrogen-bond donors (Lipinski definition) is 1. The van der Waals surface area contributed by atoms with E-state index >= 15 is 0 Å². The number of carboxylic acids is 1. The van der Waals surface area contributed by atoms with Crippen molar-refractivity contribution < 1.29 is 28.9 Å². The van der Waals surface area contributed by atoms with E-state index in [1.807, 2.05) is 6.07 Å². The number of benzene rings is 1. The van der Waals surface area contributed by atoms with E-state index in [-0.39, 0.29) is 36.5 Å². The second-order valence-corrected chi connectivity index (χ2v) is 9.52. The van der Waals surface area contributed by atoms with Gasteiger partial charge in [-0.15, -0.1) is 0 Å². The lowest BCUT2D eigenvalue weighted by molar-refractivity contribution is -0.168. The van der Waals surface area contributed by atoms with E-state index in [0.717, 1.165) is 77.0 Å². The SMILES string of the molecule is O=C(O)c1cc(COC2CCCCO2)cc(C(=O)OC2CCCCC2)c1C1CCCCC1. The van der Waals surface area contributed by atoms with Crippen LogP contribution in [-0.4, -0.2) is 36.0 Å². The third-order valence-electron chi connectivity index (χ3n) is 7.10. The molecule has 1 aromatic carbocycles. The summed E-state index contributed by atoms with van der Waals surface area (Å²) in [4.78, 5) is 25.6. The van der Waals surface area contributed by atoms with Gasteiger partial charge in [-0.1, -0.05) is 25.7 Å². The molecule has 1 aromatic rings. The fourth-order valence-corrected chi connectivity index (χ4v) is 5.40. The Morgan fingerprint density at radius 2 is 1.53 bits per heavy atom. The van der Waals surface area contributed by atoms with Gasteiger partial charge in [0.15, 0.2) is 6.29 Å². The van der Waals surface area contributed by atoms with E-state index in [4.69, 9.17) is 14.2 Å². The average molecular weight is 445 g/mol. The van der Waals surface area contributed by atoms with E-state index in [0.29, 0.717) is 23.3 Å². The Hall–Kier alpha value is -1.92. The van der Waals surface area contributed by atoms with Crippen LogP contribution in [0.25, 0.3) is 0 Å². The molecular weight excluding hydrogens is 408 g/mol. The number of ether oxygens (including phenoxy) is 3. The van der Waals surface area contributed by atoms with Crippen LogP contribution in [0.2, 0.25) is 0 Å². The second-order valence-electron chi connectivity index (χ2n) is 9.52. The van der Waals surface area contributed by atoms with E-state index in [1.165, 1.54) is 6.42 Å². The quantitative estimate of drug-likeness (QED) is 0.522. The van der Waals surface area contributed by atoms with E-state index in [1.54, 1.807) is 6.07 Å². The van der Waals surface area contributed by atoms with Gasteiger partial charge in [0, 0.05) is 6.61 Å². The highest BCUT2D eigenvalue weighted by molar-refractivity contribution is 5.98. The van der Waals surface area contributed by atoms with Gasteiger partial charge in [-0.05, 0) is 87.0 Å². The first-order valence-electron chi connectivity index (χ1n) is 12.5. The highest BCUT2D eigenvalue weighted by Gasteiger charge is 2.30. The first-order valence-corrected chi connectivity index (χ1v) is 12.5. The Morgan fingerprint density at radius 3 is 2.19 bits per heavy atom. The van der Waals surface area contributed by atoms with Gasteiger partial charge in [0.25, 0.3) is 0 Å². The summed E-state index contributed by atoms with van der Waals surface area (Å²) in [6.45, 7) is 0.907. The van der Waals surface area contributed by atoms with Crippen LogP contribution in [0.4, 0.5) is 0 Å². The molecule has 2 aliphatic carbocycles. The maximum Gasteiger partial charge on any atom is 0.338 e. The second kappa shape index (κ2) is 11.3. The summed E-state index contributed by atoms with van der Waals surface area (Å²) in [7, 11) is 0. The van der Waals surface area contributed by atoms with Gasteiger partial charge < -0.3 is 19.3 Å². The van der Waals surface area contributed by atoms with Crippen molar-refractivity contribution >= 4 is 11.9 Å². The van der Waals surface area contributed by atoms with Crippen molar-refractivity contribution in [1.29, 1.82) is 0 Å². The van der Waals surface area contributed by atoms with Gasteiger partial charge in [-0.25, -0.2) is 9.59 Å². The molecular formula is C26H36O6. The van der Waals surface area contributed by atoms with Crippen LogP contribution in [0.5, 0.6) is 0 Å². The summed E-state index contributed by atoms with van der Waals surface area (Å²) < 4.78 is 17.4. The molecule has 176 valence electrons. The predicted octanol–water partition coefficient (Wildman–Crippen LogP) is 5.97. The zero-order valence-electron chi connectivity index (χ0n) is 19.0. The first kappa shape index (κ1) is 23.2. The fourth-order valence-electron chi connectivity index (χ4n) is 5.40. The molecule has 0 spiro atoms. The highest BCUT2D eigenvalue weighted by atomic mass is 16.7. The first-order chi connectivity index (χ1) is 15.6. The third-order valence-corrected chi connectivity index (χ3v) is 7.10. The molecule has 1 atom stereocenters. The van der Waals surface area contributed by atoms with E-state index in [9.17, 15) is 14.7 Å². The van der Waals surface area contributed by atoms with Gasteiger partial charge in [0.05, 0.1) is 17.7 Å². The highest BCUT2D eigenvalue weighted by Crippen LogP contribution is 2.38. The van der Waals surface area contributed by atoms with Crippen LogP contribution < -0.4 is 0 Å². The molecule has 0 bridgehead atoms. The number of esters is 1. The van der Waals surface area contributed by atoms with E-state index in [2.05, 4.69) is 0 Å². The molecule has 1 N–H and O–H groups in total. The lowest BCUT2D eigenvalue weighted by Crippen LogP contribution is -2.24. The number of carbonyl (C=O) groups excluding carboxylic acids is 1. The fraction of sp³-hybridized carbons (Fsp3) is 0.692. The normalized spacial score (nSPS) is 23.1. The van der Waals surface area contributed by atoms with Crippen molar-refractivity contribution in [2.45, 2.75) is 108 Å². The summed E-state index contributed by atoms with van der Waals surface area (Å²) in [6, 6.07) is 3.50. The molecule has 0 radical (unpaired) electrons. The van der Waals surface area contributed by atoms with Crippen LogP contribution in [0.15, 0.2) is 12.1 Å². The molecule has 4 rings (SSSR count). The van der Waals surface area contributed by atoms with E-state index < -0.39 is 5.97 Å². The molecule has 2 saturated carbocycles.